The van der Waals surface area contributed by atoms with E-state index in [1.165, 1.54) is 12.1 Å². The van der Waals surface area contributed by atoms with Crippen molar-refractivity contribution < 1.29 is 14.0 Å². The minimum absolute atomic E-state index is 0.227. The summed E-state index contributed by atoms with van der Waals surface area (Å²) < 4.78 is 14.8. The quantitative estimate of drug-likeness (QED) is 0.833. The highest BCUT2D eigenvalue weighted by Crippen LogP contribution is 2.21. The van der Waals surface area contributed by atoms with Gasteiger partial charge in [-0.3, -0.25) is 9.59 Å². The predicted molar refractivity (Wildman–Crippen MR) is 95.4 cm³/mol. The number of rotatable bonds is 6. The van der Waals surface area contributed by atoms with E-state index in [0.29, 0.717) is 18.8 Å². The van der Waals surface area contributed by atoms with Crippen molar-refractivity contribution >= 4 is 11.8 Å². The fourth-order valence-electron chi connectivity index (χ4n) is 3.08. The van der Waals surface area contributed by atoms with Crippen LogP contribution in [0.2, 0.25) is 0 Å². The summed E-state index contributed by atoms with van der Waals surface area (Å²) in [5.41, 5.74) is 1.98. The van der Waals surface area contributed by atoms with Gasteiger partial charge in [-0.2, -0.15) is 0 Å². The first-order chi connectivity index (χ1) is 12.6. The molecule has 0 bridgehead atoms. The number of nitrogens with zero attached hydrogens (tertiary/aromatic N) is 2. The third kappa shape index (κ3) is 3.92. The monoisotopic (exact) mass is 358 g/mol. The first-order valence-electron chi connectivity index (χ1n) is 9.00. The van der Waals surface area contributed by atoms with E-state index in [0.717, 1.165) is 36.9 Å². The molecule has 2 aromatic rings. The van der Waals surface area contributed by atoms with Gasteiger partial charge in [0.15, 0.2) is 5.82 Å². The Balaban J connectivity index is 1.77. The molecular weight excluding hydrogens is 335 g/mol. The molecule has 0 aliphatic carbocycles. The summed E-state index contributed by atoms with van der Waals surface area (Å²) in [6.07, 6.45) is 3.52. The van der Waals surface area contributed by atoms with E-state index in [-0.39, 0.29) is 30.0 Å². The lowest BCUT2D eigenvalue weighted by Crippen LogP contribution is -2.27. The molecule has 26 heavy (non-hydrogen) atoms. The van der Waals surface area contributed by atoms with Crippen LogP contribution < -0.4 is 10.6 Å². The summed E-state index contributed by atoms with van der Waals surface area (Å²) in [4.78, 5) is 29.3. The number of hydrogen-bond donors (Lipinski definition) is 2. The highest BCUT2D eigenvalue weighted by Gasteiger charge is 2.27. The van der Waals surface area contributed by atoms with Crippen molar-refractivity contribution in [1.29, 1.82) is 0 Å². The third-order valence-corrected chi connectivity index (χ3v) is 4.44. The largest absolute Gasteiger partial charge is 0.351 e. The first kappa shape index (κ1) is 18.1. The second-order valence-electron chi connectivity index (χ2n) is 6.40. The van der Waals surface area contributed by atoms with E-state index in [1.54, 1.807) is 12.1 Å². The van der Waals surface area contributed by atoms with E-state index in [9.17, 15) is 14.0 Å². The average molecular weight is 358 g/mol. The summed E-state index contributed by atoms with van der Waals surface area (Å²) >= 11 is 0. The maximum atomic E-state index is 13.0. The zero-order valence-electron chi connectivity index (χ0n) is 14.8. The number of halogens is 1. The highest BCUT2D eigenvalue weighted by atomic mass is 19.1. The molecule has 1 aromatic carbocycles. The maximum Gasteiger partial charge on any atom is 0.287 e. The molecule has 0 unspecified atom stereocenters. The molecule has 1 aromatic heterocycles. The zero-order valence-corrected chi connectivity index (χ0v) is 14.8. The van der Waals surface area contributed by atoms with Crippen LogP contribution in [0, 0.1) is 5.82 Å². The molecule has 2 amide bonds. The van der Waals surface area contributed by atoms with Crippen molar-refractivity contribution in [3.63, 3.8) is 0 Å². The number of hydrogen-bond acceptors (Lipinski definition) is 3. The van der Waals surface area contributed by atoms with Gasteiger partial charge in [-0.05, 0) is 43.4 Å². The van der Waals surface area contributed by atoms with Gasteiger partial charge in [0, 0.05) is 19.6 Å². The van der Waals surface area contributed by atoms with E-state index >= 15 is 0 Å². The number of imidazole rings is 1. The van der Waals surface area contributed by atoms with Gasteiger partial charge < -0.3 is 15.2 Å². The molecule has 3 rings (SSSR count). The minimum Gasteiger partial charge on any atom is -0.351 e. The number of nitrogens with one attached hydrogen (secondary N) is 2. The van der Waals surface area contributed by atoms with E-state index in [1.807, 2.05) is 11.5 Å². The van der Waals surface area contributed by atoms with Gasteiger partial charge in [-0.25, -0.2) is 9.37 Å². The van der Waals surface area contributed by atoms with Crippen LogP contribution in [0.1, 0.15) is 58.6 Å². The van der Waals surface area contributed by atoms with Crippen LogP contribution in [-0.4, -0.2) is 27.9 Å². The Bertz CT molecular complexity index is 799. The van der Waals surface area contributed by atoms with Gasteiger partial charge in [0.05, 0.1) is 5.69 Å². The Kier molecular flexibility index (Phi) is 5.65. The molecule has 2 N–H and O–H groups in total. The molecular formula is C19H23FN4O2. The molecule has 1 aliphatic heterocycles. The van der Waals surface area contributed by atoms with Crippen LogP contribution in [0.4, 0.5) is 4.39 Å². The van der Waals surface area contributed by atoms with Crippen molar-refractivity contribution in [2.75, 3.05) is 6.54 Å². The maximum absolute atomic E-state index is 13.0. The summed E-state index contributed by atoms with van der Waals surface area (Å²) in [7, 11) is 0. The molecule has 0 atom stereocenters. The first-order valence-corrected chi connectivity index (χ1v) is 9.00. The normalized spacial score (nSPS) is 13.2. The molecule has 1 aliphatic rings. The van der Waals surface area contributed by atoms with Gasteiger partial charge in [-0.1, -0.05) is 19.1 Å². The predicted octanol–water partition coefficient (Wildman–Crippen LogP) is 2.43. The van der Waals surface area contributed by atoms with Gasteiger partial charge in [0.1, 0.15) is 11.5 Å². The molecule has 0 radical (unpaired) electrons. The topological polar surface area (TPSA) is 76.0 Å². The number of benzene rings is 1. The number of amides is 2. The van der Waals surface area contributed by atoms with Crippen LogP contribution in [-0.2, 0) is 19.5 Å². The fraction of sp³-hybridized carbons (Fsp3) is 0.421. The molecule has 0 saturated heterocycles. The Morgan fingerprint density at radius 2 is 1.92 bits per heavy atom. The lowest BCUT2D eigenvalue weighted by atomic mass is 10.1. The van der Waals surface area contributed by atoms with Crippen LogP contribution in [0.25, 0.3) is 0 Å². The Morgan fingerprint density at radius 1 is 1.15 bits per heavy atom. The van der Waals surface area contributed by atoms with Crippen LogP contribution in [0.3, 0.4) is 0 Å². The van der Waals surface area contributed by atoms with E-state index in [2.05, 4.69) is 15.6 Å². The van der Waals surface area contributed by atoms with E-state index in [4.69, 9.17) is 0 Å². The smallest absolute Gasteiger partial charge is 0.287 e. The Morgan fingerprint density at radius 3 is 2.65 bits per heavy atom. The van der Waals surface area contributed by atoms with Crippen molar-refractivity contribution in [1.82, 2.24) is 20.2 Å². The number of fused-ring (bicyclic) bond motifs is 1. The molecule has 0 saturated carbocycles. The van der Waals surface area contributed by atoms with Crippen LogP contribution >= 0.6 is 0 Å². The number of carbonyl (C=O) groups excluding carboxylic acids is 2. The molecule has 0 spiro atoms. The minimum atomic E-state index is -0.327. The standard InChI is InChI=1S/C19H23FN4O2/c1-2-10-21-18(25)16-15-5-3-4-11-24(15)17(23-16)19(26)22-12-13-6-8-14(20)9-7-13/h6-9H,2-5,10-12H2,1H3,(H,21,25)(H,22,26). The summed E-state index contributed by atoms with van der Waals surface area (Å²) in [5.74, 6) is -0.601. The summed E-state index contributed by atoms with van der Waals surface area (Å²) in [5, 5.41) is 5.64. The fourth-order valence-corrected chi connectivity index (χ4v) is 3.08. The third-order valence-electron chi connectivity index (χ3n) is 4.44. The second kappa shape index (κ2) is 8.12. The molecule has 2 heterocycles. The second-order valence-corrected chi connectivity index (χ2v) is 6.40. The van der Waals surface area contributed by atoms with E-state index < -0.39 is 0 Å². The SMILES string of the molecule is CCCNC(=O)c1nc(C(=O)NCc2ccc(F)cc2)n2c1CCCC2. The Hall–Kier alpha value is -2.70. The molecule has 0 fully saturated rings. The van der Waals surface area contributed by atoms with Crippen molar-refractivity contribution in [2.24, 2.45) is 0 Å². The van der Waals surface area contributed by atoms with Crippen molar-refractivity contribution in [2.45, 2.75) is 45.7 Å². The lowest BCUT2D eigenvalue weighted by Gasteiger charge is -2.17. The Labute approximate surface area is 151 Å². The van der Waals surface area contributed by atoms with Crippen LogP contribution in [0.5, 0.6) is 0 Å². The highest BCUT2D eigenvalue weighted by molar-refractivity contribution is 5.97. The lowest BCUT2D eigenvalue weighted by molar-refractivity contribution is 0.0935. The zero-order chi connectivity index (χ0) is 18.5. The van der Waals surface area contributed by atoms with Crippen molar-refractivity contribution in [3.8, 4) is 0 Å². The summed E-state index contributed by atoms with van der Waals surface area (Å²) in [6.45, 7) is 3.52. The van der Waals surface area contributed by atoms with Crippen molar-refractivity contribution in [3.05, 3.63) is 52.9 Å². The summed E-state index contributed by atoms with van der Waals surface area (Å²) in [6, 6.07) is 5.96. The molecule has 6 nitrogen and oxygen atoms in total. The molecule has 138 valence electrons. The van der Waals surface area contributed by atoms with Gasteiger partial charge in [-0.15, -0.1) is 0 Å². The van der Waals surface area contributed by atoms with Gasteiger partial charge in [0.2, 0.25) is 0 Å². The number of aromatic nitrogens is 2. The number of carbonyl (C=O) groups is 2. The average Bonchev–Trinajstić information content (AvgIpc) is 3.05. The van der Waals surface area contributed by atoms with Gasteiger partial charge in [0.25, 0.3) is 11.8 Å². The van der Waals surface area contributed by atoms with Gasteiger partial charge >= 0.3 is 0 Å². The van der Waals surface area contributed by atoms with Crippen LogP contribution in [0.15, 0.2) is 24.3 Å². The molecule has 7 heteroatoms.